The van der Waals surface area contributed by atoms with Gasteiger partial charge in [0.15, 0.2) is 34.0 Å². The Kier molecular flexibility index (Phi) is 11.2. The number of benzene rings is 1. The Morgan fingerprint density at radius 2 is 1.67 bits per heavy atom. The van der Waals surface area contributed by atoms with Crippen molar-refractivity contribution < 1.29 is 23.5 Å². The number of hydrogen-bond donors (Lipinski definition) is 3. The van der Waals surface area contributed by atoms with Gasteiger partial charge in [-0.15, -0.1) is 0 Å². The Morgan fingerprint density at radius 3 is 2.36 bits per heavy atom. The number of anilines is 2. The predicted molar refractivity (Wildman–Crippen MR) is 141 cm³/mol. The van der Waals surface area contributed by atoms with Gasteiger partial charge in [0.1, 0.15) is 5.78 Å². The molecule has 10 nitrogen and oxygen atoms in total. The fourth-order valence-electron chi connectivity index (χ4n) is 3.80. The fraction of sp³-hybridized carbons (Fsp3) is 0.520. The van der Waals surface area contributed by atoms with E-state index < -0.39 is 5.91 Å². The summed E-state index contributed by atoms with van der Waals surface area (Å²) in [4.78, 5) is 32.4. The molecule has 11 heteroatoms. The number of nitrogen functional groups attached to an aromatic ring is 2. The fourth-order valence-corrected chi connectivity index (χ4v) is 3.93. The summed E-state index contributed by atoms with van der Waals surface area (Å²) >= 11 is 5.84. The van der Waals surface area contributed by atoms with Gasteiger partial charge in [-0.05, 0) is 37.0 Å². The molecule has 1 aromatic heterocycles. The second-order valence-electron chi connectivity index (χ2n) is 9.34. The molecule has 0 aliphatic heterocycles. The van der Waals surface area contributed by atoms with Crippen molar-refractivity contribution in [2.24, 2.45) is 0 Å². The van der Waals surface area contributed by atoms with E-state index in [0.29, 0.717) is 30.9 Å². The Hall–Kier alpha value is -3.11. The third-order valence-corrected chi connectivity index (χ3v) is 6.22. The van der Waals surface area contributed by atoms with Crippen LogP contribution < -0.4 is 26.3 Å². The lowest BCUT2D eigenvalue weighted by atomic mass is 10.0. The number of nitrogens with zero attached hydrogens (tertiary/aromatic N) is 3. The second-order valence-corrected chi connectivity index (χ2v) is 9.70. The third kappa shape index (κ3) is 9.16. The first-order valence-corrected chi connectivity index (χ1v) is 12.4. The van der Waals surface area contributed by atoms with Crippen LogP contribution >= 0.6 is 11.6 Å². The normalized spacial score (nSPS) is 11.2. The number of rotatable bonds is 15. The number of likely N-dealkylation sites (N-methyl/N-ethyl adjacent to an activating group) is 1. The van der Waals surface area contributed by atoms with Gasteiger partial charge < -0.3 is 30.7 Å². The molecule has 1 aromatic carbocycles. The van der Waals surface area contributed by atoms with E-state index in [-0.39, 0.29) is 28.3 Å². The van der Waals surface area contributed by atoms with E-state index in [1.54, 1.807) is 14.2 Å². The number of quaternary nitrogens is 1. The number of hydrogen-bond acceptors (Lipinski definition) is 8. The van der Waals surface area contributed by atoms with Gasteiger partial charge in [-0.2, -0.15) is 0 Å². The van der Waals surface area contributed by atoms with Crippen molar-refractivity contribution in [2.75, 3.05) is 59.4 Å². The Labute approximate surface area is 217 Å². The minimum Gasteiger partial charge on any atom is -0.493 e. The van der Waals surface area contributed by atoms with E-state index in [2.05, 4.69) is 29.4 Å². The second kappa shape index (κ2) is 13.8. The number of nitrogens with one attached hydrogen (secondary N) is 1. The standard InChI is InChI=1S/C25H37ClN6O4/c1-32(2,14-12-29-25(34)21-23(27)31-24(28)22(26)30-21)13-8-6-5-7-9-18(33)15-17-10-11-19(35-3)20(16-17)36-4/h10-11,16H,5-9,12-15H2,1-4H3,(H4-,27,28,29,31,34)/p+1. The lowest BCUT2D eigenvalue weighted by Gasteiger charge is -2.30. The lowest BCUT2D eigenvalue weighted by Crippen LogP contribution is -2.46. The molecule has 0 unspecified atom stereocenters. The van der Waals surface area contributed by atoms with E-state index >= 15 is 0 Å². The maximum Gasteiger partial charge on any atom is 0.273 e. The molecular weight excluding hydrogens is 484 g/mol. The number of nitrogens with two attached hydrogens (primary N) is 2. The summed E-state index contributed by atoms with van der Waals surface area (Å²) in [7, 11) is 7.41. The summed E-state index contributed by atoms with van der Waals surface area (Å²) in [6.07, 6.45) is 4.94. The molecule has 0 bridgehead atoms. The molecule has 0 fully saturated rings. The lowest BCUT2D eigenvalue weighted by molar-refractivity contribution is -0.889. The van der Waals surface area contributed by atoms with Crippen LogP contribution in [0.1, 0.15) is 48.2 Å². The van der Waals surface area contributed by atoms with Crippen molar-refractivity contribution in [2.45, 2.75) is 38.5 Å². The zero-order valence-corrected chi connectivity index (χ0v) is 22.4. The van der Waals surface area contributed by atoms with E-state index in [0.717, 1.165) is 48.8 Å². The average molecular weight is 522 g/mol. The third-order valence-electron chi connectivity index (χ3n) is 5.94. The minimum atomic E-state index is -0.431. The van der Waals surface area contributed by atoms with Crippen LogP contribution in [0.25, 0.3) is 0 Å². The number of aromatic nitrogens is 2. The molecule has 0 radical (unpaired) electrons. The van der Waals surface area contributed by atoms with Crippen LogP contribution in [0.2, 0.25) is 5.15 Å². The van der Waals surface area contributed by atoms with Crippen LogP contribution in [-0.2, 0) is 11.2 Å². The molecule has 0 saturated carbocycles. The number of halogens is 1. The van der Waals surface area contributed by atoms with Gasteiger partial charge in [0.05, 0.1) is 47.9 Å². The highest BCUT2D eigenvalue weighted by Gasteiger charge is 2.18. The van der Waals surface area contributed by atoms with Crippen molar-refractivity contribution in [3.8, 4) is 11.5 Å². The first-order chi connectivity index (χ1) is 17.1. The smallest absolute Gasteiger partial charge is 0.273 e. The number of methoxy groups -OCH3 is 2. The number of ether oxygens (including phenoxy) is 2. The van der Waals surface area contributed by atoms with Crippen LogP contribution in [0.3, 0.4) is 0 Å². The molecule has 0 atom stereocenters. The van der Waals surface area contributed by atoms with Crippen LogP contribution in [-0.4, -0.2) is 74.1 Å². The molecule has 36 heavy (non-hydrogen) atoms. The highest BCUT2D eigenvalue weighted by molar-refractivity contribution is 6.31. The number of ketones is 1. The van der Waals surface area contributed by atoms with Gasteiger partial charge in [-0.1, -0.05) is 24.1 Å². The van der Waals surface area contributed by atoms with Gasteiger partial charge in [-0.3, -0.25) is 9.59 Å². The zero-order valence-electron chi connectivity index (χ0n) is 21.6. The van der Waals surface area contributed by atoms with E-state index in [1.165, 1.54) is 0 Å². The summed E-state index contributed by atoms with van der Waals surface area (Å²) in [5.41, 5.74) is 12.2. The maximum absolute atomic E-state index is 12.4. The molecule has 0 aliphatic carbocycles. The topological polar surface area (TPSA) is 142 Å². The molecule has 1 heterocycles. The number of carbonyl (C=O) groups is 2. The van der Waals surface area contributed by atoms with Crippen LogP contribution in [0, 0.1) is 0 Å². The van der Waals surface area contributed by atoms with Crippen molar-refractivity contribution in [3.63, 3.8) is 0 Å². The van der Waals surface area contributed by atoms with E-state index in [1.807, 2.05) is 18.2 Å². The summed E-state index contributed by atoms with van der Waals surface area (Å²) in [6, 6.07) is 5.57. The average Bonchev–Trinajstić information content (AvgIpc) is 2.83. The van der Waals surface area contributed by atoms with Crippen LogP contribution in [0.15, 0.2) is 18.2 Å². The largest absolute Gasteiger partial charge is 0.493 e. The Bertz CT molecular complexity index is 1050. The summed E-state index contributed by atoms with van der Waals surface area (Å²) < 4.78 is 11.3. The van der Waals surface area contributed by atoms with Gasteiger partial charge in [0.2, 0.25) is 0 Å². The molecule has 2 rings (SSSR count). The van der Waals surface area contributed by atoms with E-state index in [9.17, 15) is 9.59 Å². The number of unbranched alkanes of at least 4 members (excludes halogenated alkanes) is 3. The molecule has 0 aliphatic rings. The van der Waals surface area contributed by atoms with Gasteiger partial charge >= 0.3 is 0 Å². The summed E-state index contributed by atoms with van der Waals surface area (Å²) in [5, 5.41) is 2.76. The first kappa shape index (κ1) is 29.1. The zero-order chi connectivity index (χ0) is 26.7. The molecule has 0 spiro atoms. The minimum absolute atomic E-state index is 0.00853. The molecule has 2 aromatic rings. The predicted octanol–water partition coefficient (Wildman–Crippen LogP) is 2.88. The van der Waals surface area contributed by atoms with Crippen molar-refractivity contribution in [1.82, 2.24) is 15.3 Å². The highest BCUT2D eigenvalue weighted by atomic mass is 35.5. The van der Waals surface area contributed by atoms with Crippen molar-refractivity contribution in [1.29, 1.82) is 0 Å². The van der Waals surface area contributed by atoms with Crippen LogP contribution in [0.4, 0.5) is 11.6 Å². The summed E-state index contributed by atoms with van der Waals surface area (Å²) in [6.45, 7) is 2.16. The molecule has 5 N–H and O–H groups in total. The summed E-state index contributed by atoms with van der Waals surface area (Å²) in [5.74, 6) is 1.02. The molecule has 1 amide bonds. The van der Waals surface area contributed by atoms with E-state index in [4.69, 9.17) is 32.5 Å². The van der Waals surface area contributed by atoms with Crippen molar-refractivity contribution >= 4 is 34.9 Å². The number of carbonyl (C=O) groups excluding carboxylic acids is 2. The monoisotopic (exact) mass is 521 g/mol. The number of amides is 1. The van der Waals surface area contributed by atoms with Gasteiger partial charge in [-0.25, -0.2) is 9.97 Å². The highest BCUT2D eigenvalue weighted by Crippen LogP contribution is 2.28. The Balaban J connectivity index is 1.63. The quantitative estimate of drug-likeness (QED) is 0.240. The van der Waals surface area contributed by atoms with Gasteiger partial charge in [0, 0.05) is 12.8 Å². The maximum atomic E-state index is 12.4. The molecule has 198 valence electrons. The Morgan fingerprint density at radius 1 is 0.972 bits per heavy atom. The molecular formula is C25H38ClN6O4+. The van der Waals surface area contributed by atoms with Gasteiger partial charge in [0.25, 0.3) is 5.91 Å². The van der Waals surface area contributed by atoms with Crippen molar-refractivity contribution in [3.05, 3.63) is 34.6 Å². The SMILES string of the molecule is COc1ccc(CC(=O)CCCCCC[N+](C)(C)CCNC(=O)c2nc(Cl)c(N)nc2N)cc1OC. The first-order valence-electron chi connectivity index (χ1n) is 12.0. The molecule has 0 saturated heterocycles. The van der Waals surface area contributed by atoms with Crippen LogP contribution in [0.5, 0.6) is 11.5 Å². The number of Topliss-reactive ketones (excluding diaryl/α,β-unsaturated/α-hetero) is 1.